The summed E-state index contributed by atoms with van der Waals surface area (Å²) >= 11 is 0. The molecule has 5 nitrogen and oxygen atoms in total. The van der Waals surface area contributed by atoms with Crippen LogP contribution >= 0.6 is 0 Å². The average molecular weight is 564 g/mol. The van der Waals surface area contributed by atoms with Gasteiger partial charge in [-0.15, -0.1) is 0 Å². The zero-order valence-corrected chi connectivity index (χ0v) is 24.0. The number of anilines is 1. The Morgan fingerprint density at radius 2 is 1.07 bits per heavy atom. The van der Waals surface area contributed by atoms with Crippen molar-refractivity contribution < 1.29 is 8.83 Å². The lowest BCUT2D eigenvalue weighted by atomic mass is 9.98. The van der Waals surface area contributed by atoms with Crippen molar-refractivity contribution in [1.82, 2.24) is 0 Å². The highest BCUT2D eigenvalue weighted by Gasteiger charge is 2.13. The van der Waals surface area contributed by atoms with Crippen LogP contribution in [0.2, 0.25) is 0 Å². The summed E-state index contributed by atoms with van der Waals surface area (Å²) in [6.45, 7) is 5.98. The normalized spacial score (nSPS) is 11.4. The highest BCUT2D eigenvalue weighted by Crippen LogP contribution is 2.30. The third-order valence-corrected chi connectivity index (χ3v) is 8.20. The summed E-state index contributed by atoms with van der Waals surface area (Å²) in [4.78, 5) is 28.1. The van der Waals surface area contributed by atoms with Crippen molar-refractivity contribution >= 4 is 38.4 Å². The van der Waals surface area contributed by atoms with Crippen molar-refractivity contribution in [2.75, 3.05) is 18.0 Å². The highest BCUT2D eigenvalue weighted by molar-refractivity contribution is 6.04. The Morgan fingerprint density at radius 3 is 1.72 bits per heavy atom. The molecule has 0 fully saturated rings. The molecule has 0 aliphatic carbocycles. The number of fused-ring (bicyclic) bond motifs is 4. The van der Waals surface area contributed by atoms with Gasteiger partial charge in [-0.1, -0.05) is 84.9 Å². The first-order chi connectivity index (χ1) is 21.0. The molecule has 43 heavy (non-hydrogen) atoms. The van der Waals surface area contributed by atoms with Gasteiger partial charge in [-0.05, 0) is 65.8 Å². The van der Waals surface area contributed by atoms with Crippen LogP contribution in [0, 0.1) is 0 Å². The van der Waals surface area contributed by atoms with Gasteiger partial charge >= 0.3 is 11.3 Å². The molecule has 7 aromatic rings. The number of hydrogen-bond donors (Lipinski definition) is 0. The summed E-state index contributed by atoms with van der Waals surface area (Å²) in [6.07, 6.45) is 0. The molecule has 0 unspecified atom stereocenters. The first kappa shape index (κ1) is 26.5. The van der Waals surface area contributed by atoms with Gasteiger partial charge in [-0.3, -0.25) is 0 Å². The zero-order chi connectivity index (χ0) is 29.5. The lowest BCUT2D eigenvalue weighted by molar-refractivity contribution is 0.563. The van der Waals surface area contributed by atoms with E-state index in [4.69, 9.17) is 8.83 Å². The van der Waals surface area contributed by atoms with E-state index in [-0.39, 0.29) is 11.3 Å². The summed E-state index contributed by atoms with van der Waals surface area (Å²) in [6, 6.07) is 37.4. The van der Waals surface area contributed by atoms with Crippen LogP contribution in [-0.2, 0) is 0 Å². The molecule has 0 bridgehead atoms. The van der Waals surface area contributed by atoms with Gasteiger partial charge in [0.1, 0.15) is 11.2 Å². The molecule has 0 amide bonds. The summed E-state index contributed by atoms with van der Waals surface area (Å²) in [5.74, 6) is 0. The first-order valence-corrected chi connectivity index (χ1v) is 14.5. The maximum Gasteiger partial charge on any atom is 0.344 e. The molecule has 2 heterocycles. The van der Waals surface area contributed by atoms with Crippen LogP contribution in [0.5, 0.6) is 0 Å². The van der Waals surface area contributed by atoms with Crippen molar-refractivity contribution in [2.24, 2.45) is 0 Å². The number of benzene rings is 5. The van der Waals surface area contributed by atoms with Gasteiger partial charge in [-0.2, -0.15) is 0 Å². The number of rotatable bonds is 6. The SMILES string of the molecule is CCN(CC)c1ccc2cc(-c3ccc(-c4ccc(-c5cc6ccc7ccccc7c6oc5=O)cc4)cc3)c(=O)oc2c1. The molecule has 0 aliphatic heterocycles. The van der Waals surface area contributed by atoms with E-state index in [0.717, 1.165) is 62.6 Å². The summed E-state index contributed by atoms with van der Waals surface area (Å²) in [5, 5.41) is 3.73. The fourth-order valence-corrected chi connectivity index (χ4v) is 5.82. The van der Waals surface area contributed by atoms with Crippen LogP contribution in [0.1, 0.15) is 13.8 Å². The van der Waals surface area contributed by atoms with Crippen LogP contribution in [0.25, 0.3) is 66.1 Å². The minimum absolute atomic E-state index is 0.358. The van der Waals surface area contributed by atoms with Crippen LogP contribution in [-0.4, -0.2) is 13.1 Å². The smallest absolute Gasteiger partial charge is 0.344 e. The van der Waals surface area contributed by atoms with Crippen LogP contribution in [0.3, 0.4) is 0 Å². The minimum atomic E-state index is -0.362. The van der Waals surface area contributed by atoms with E-state index < -0.39 is 0 Å². The molecule has 0 N–H and O–H groups in total. The Hall–Kier alpha value is -5.42. The van der Waals surface area contributed by atoms with Crippen LogP contribution < -0.4 is 16.2 Å². The fourth-order valence-electron chi connectivity index (χ4n) is 5.82. The van der Waals surface area contributed by atoms with Crippen molar-refractivity contribution in [3.63, 3.8) is 0 Å². The van der Waals surface area contributed by atoms with Gasteiger partial charge in [0.25, 0.3) is 0 Å². The molecule has 2 aromatic heterocycles. The topological polar surface area (TPSA) is 63.7 Å². The van der Waals surface area contributed by atoms with E-state index in [1.807, 2.05) is 109 Å². The summed E-state index contributed by atoms with van der Waals surface area (Å²) in [7, 11) is 0. The molecule has 5 aromatic carbocycles. The minimum Gasteiger partial charge on any atom is -0.422 e. The van der Waals surface area contributed by atoms with Gasteiger partial charge < -0.3 is 13.7 Å². The van der Waals surface area contributed by atoms with E-state index >= 15 is 0 Å². The molecule has 5 heteroatoms. The Balaban J connectivity index is 1.16. The number of hydrogen-bond acceptors (Lipinski definition) is 5. The van der Waals surface area contributed by atoms with Crippen molar-refractivity contribution in [2.45, 2.75) is 13.8 Å². The Kier molecular flexibility index (Phi) is 6.63. The fraction of sp³-hybridized carbons (Fsp3) is 0.105. The van der Waals surface area contributed by atoms with Crippen LogP contribution in [0.4, 0.5) is 5.69 Å². The van der Waals surface area contributed by atoms with Gasteiger partial charge in [-0.25, -0.2) is 9.59 Å². The Bertz CT molecular complexity index is 2240. The molecular weight excluding hydrogens is 534 g/mol. The lowest BCUT2D eigenvalue weighted by Crippen LogP contribution is -2.21. The van der Waals surface area contributed by atoms with Gasteiger partial charge in [0.05, 0.1) is 11.1 Å². The van der Waals surface area contributed by atoms with E-state index in [1.54, 1.807) is 0 Å². The highest BCUT2D eigenvalue weighted by atomic mass is 16.4. The van der Waals surface area contributed by atoms with Crippen molar-refractivity contribution in [1.29, 1.82) is 0 Å². The van der Waals surface area contributed by atoms with Gasteiger partial charge in [0, 0.05) is 41.0 Å². The predicted octanol–water partition coefficient (Wildman–Crippen LogP) is 8.90. The number of nitrogens with zero attached hydrogens (tertiary/aromatic N) is 1. The largest absolute Gasteiger partial charge is 0.422 e. The molecular formula is C38H29NO4. The van der Waals surface area contributed by atoms with Gasteiger partial charge in [0.15, 0.2) is 0 Å². The second-order valence-electron chi connectivity index (χ2n) is 10.6. The van der Waals surface area contributed by atoms with Crippen molar-refractivity contribution in [3.8, 4) is 33.4 Å². The molecule has 0 spiro atoms. The molecule has 0 aliphatic rings. The quantitative estimate of drug-likeness (QED) is 0.149. The summed E-state index contributed by atoms with van der Waals surface area (Å²) < 4.78 is 11.5. The second-order valence-corrected chi connectivity index (χ2v) is 10.6. The Morgan fingerprint density at radius 1 is 0.535 bits per heavy atom. The standard InChI is InChI=1S/C38H29NO4/c1-3-39(4-2)31-20-19-29-21-33(37(40)42-35(29)23-31)27-13-9-24(10-14-27)25-11-15-28(16-12-25)34-22-30-18-17-26-7-5-6-8-32(26)36(30)43-38(34)41/h5-23H,3-4H2,1-2H3. The molecule has 0 saturated carbocycles. The monoisotopic (exact) mass is 563 g/mol. The first-order valence-electron chi connectivity index (χ1n) is 14.5. The third-order valence-electron chi connectivity index (χ3n) is 8.20. The van der Waals surface area contributed by atoms with E-state index in [1.165, 1.54) is 0 Å². The maximum atomic E-state index is 13.0. The molecule has 0 atom stereocenters. The second kappa shape index (κ2) is 10.8. The molecule has 0 radical (unpaired) electrons. The molecule has 210 valence electrons. The van der Waals surface area contributed by atoms with Crippen LogP contribution in [0.15, 0.2) is 134 Å². The average Bonchev–Trinajstić information content (AvgIpc) is 3.05. The third kappa shape index (κ3) is 4.79. The van der Waals surface area contributed by atoms with E-state index in [0.29, 0.717) is 22.3 Å². The maximum absolute atomic E-state index is 13.0. The molecule has 7 rings (SSSR count). The summed E-state index contributed by atoms with van der Waals surface area (Å²) in [5.41, 5.74) is 6.16. The van der Waals surface area contributed by atoms with E-state index in [9.17, 15) is 9.59 Å². The predicted molar refractivity (Wildman–Crippen MR) is 176 cm³/mol. The Labute approximate surface area is 248 Å². The van der Waals surface area contributed by atoms with Crippen molar-refractivity contribution in [3.05, 3.63) is 136 Å². The lowest BCUT2D eigenvalue weighted by Gasteiger charge is -2.21. The zero-order valence-electron chi connectivity index (χ0n) is 24.0. The molecule has 0 saturated heterocycles. The van der Waals surface area contributed by atoms with Gasteiger partial charge in [0.2, 0.25) is 0 Å². The van der Waals surface area contributed by atoms with E-state index in [2.05, 4.69) is 24.8 Å².